The fraction of sp³-hybridized carbons (Fsp3) is 0.263. The molecule has 2 heterocycles. The van der Waals surface area contributed by atoms with E-state index in [4.69, 9.17) is 0 Å². The fourth-order valence-electron chi connectivity index (χ4n) is 2.86. The molecule has 9 heteroatoms. The van der Waals surface area contributed by atoms with Gasteiger partial charge in [-0.3, -0.25) is 19.4 Å². The summed E-state index contributed by atoms with van der Waals surface area (Å²) >= 11 is 0. The average Bonchev–Trinajstić information content (AvgIpc) is 3.01. The summed E-state index contributed by atoms with van der Waals surface area (Å²) in [5.74, 6) is -4.34. The first-order chi connectivity index (χ1) is 13.4. The maximum Gasteiger partial charge on any atom is 0.309 e. The number of anilines is 1. The molecule has 7 nitrogen and oxygen atoms in total. The Balaban J connectivity index is 1.58. The van der Waals surface area contributed by atoms with E-state index in [2.05, 4.69) is 15.6 Å². The van der Waals surface area contributed by atoms with Crippen LogP contribution < -0.4 is 15.5 Å². The van der Waals surface area contributed by atoms with Crippen molar-refractivity contribution in [1.29, 1.82) is 0 Å². The second kappa shape index (κ2) is 8.12. The minimum atomic E-state index is -1.03. The number of hydrogen-bond donors (Lipinski definition) is 2. The molecular formula is C19H18F2N4O3. The van der Waals surface area contributed by atoms with Crippen molar-refractivity contribution >= 4 is 23.4 Å². The van der Waals surface area contributed by atoms with E-state index < -0.39 is 41.1 Å². The largest absolute Gasteiger partial charge is 0.342 e. The van der Waals surface area contributed by atoms with Gasteiger partial charge in [0.05, 0.1) is 12.2 Å². The highest BCUT2D eigenvalue weighted by atomic mass is 19.1. The quantitative estimate of drug-likeness (QED) is 0.771. The SMILES string of the molecule is Cc1ccc(CNC(=O)C(=O)NC2CCN(c3c(F)cccc3F)C2=O)nc1. The lowest BCUT2D eigenvalue weighted by Gasteiger charge is -2.18. The maximum absolute atomic E-state index is 13.9. The second-order valence-electron chi connectivity index (χ2n) is 6.38. The van der Waals surface area contributed by atoms with E-state index in [9.17, 15) is 23.2 Å². The van der Waals surface area contributed by atoms with Crippen LogP contribution in [0.3, 0.4) is 0 Å². The Kier molecular flexibility index (Phi) is 5.62. The van der Waals surface area contributed by atoms with Crippen molar-refractivity contribution in [3.05, 3.63) is 59.4 Å². The molecule has 2 aromatic rings. The van der Waals surface area contributed by atoms with Gasteiger partial charge in [-0.05, 0) is 37.1 Å². The van der Waals surface area contributed by atoms with Crippen LogP contribution in [-0.4, -0.2) is 35.3 Å². The predicted octanol–water partition coefficient (Wildman–Crippen LogP) is 1.21. The normalized spacial score (nSPS) is 16.2. The summed E-state index contributed by atoms with van der Waals surface area (Å²) in [6.07, 6.45) is 1.76. The summed E-state index contributed by atoms with van der Waals surface area (Å²) in [5, 5.41) is 4.71. The van der Waals surface area contributed by atoms with E-state index in [0.29, 0.717) is 5.69 Å². The van der Waals surface area contributed by atoms with Crippen LogP contribution in [0, 0.1) is 18.6 Å². The molecule has 1 aliphatic heterocycles. The van der Waals surface area contributed by atoms with Gasteiger partial charge in [-0.25, -0.2) is 8.78 Å². The number of para-hydroxylation sites is 1. The molecule has 1 aromatic heterocycles. The Hall–Kier alpha value is -3.36. The van der Waals surface area contributed by atoms with Gasteiger partial charge in [0.1, 0.15) is 23.4 Å². The molecule has 0 aliphatic carbocycles. The predicted molar refractivity (Wildman–Crippen MR) is 96.1 cm³/mol. The van der Waals surface area contributed by atoms with Crippen LogP contribution in [0.25, 0.3) is 0 Å². The average molecular weight is 388 g/mol. The van der Waals surface area contributed by atoms with Gasteiger partial charge in [-0.1, -0.05) is 12.1 Å². The molecule has 3 amide bonds. The Morgan fingerprint density at radius 2 is 1.89 bits per heavy atom. The summed E-state index contributed by atoms with van der Waals surface area (Å²) < 4.78 is 27.8. The summed E-state index contributed by atoms with van der Waals surface area (Å²) in [7, 11) is 0. The number of hydrogen-bond acceptors (Lipinski definition) is 4. The second-order valence-corrected chi connectivity index (χ2v) is 6.38. The lowest BCUT2D eigenvalue weighted by molar-refractivity contribution is -0.140. The molecule has 1 aromatic carbocycles. The number of carbonyl (C=O) groups is 3. The number of nitrogens with one attached hydrogen (secondary N) is 2. The molecule has 1 saturated heterocycles. The molecular weight excluding hydrogens is 370 g/mol. The van der Waals surface area contributed by atoms with Crippen LogP contribution in [0.1, 0.15) is 17.7 Å². The molecule has 28 heavy (non-hydrogen) atoms. The molecule has 1 aliphatic rings. The lowest BCUT2D eigenvalue weighted by atomic mass is 10.2. The first-order valence-corrected chi connectivity index (χ1v) is 8.62. The number of rotatable bonds is 4. The molecule has 0 bridgehead atoms. The van der Waals surface area contributed by atoms with Crippen LogP contribution >= 0.6 is 0 Å². The number of halogens is 2. The van der Waals surface area contributed by atoms with Crippen molar-refractivity contribution in [2.24, 2.45) is 0 Å². The molecule has 2 N–H and O–H groups in total. The van der Waals surface area contributed by atoms with Crippen LogP contribution in [0.5, 0.6) is 0 Å². The smallest absolute Gasteiger partial charge is 0.309 e. The van der Waals surface area contributed by atoms with Crippen molar-refractivity contribution in [2.45, 2.75) is 25.9 Å². The van der Waals surface area contributed by atoms with Gasteiger partial charge in [0.25, 0.3) is 0 Å². The molecule has 0 radical (unpaired) electrons. The molecule has 1 atom stereocenters. The van der Waals surface area contributed by atoms with Crippen molar-refractivity contribution in [1.82, 2.24) is 15.6 Å². The minimum Gasteiger partial charge on any atom is -0.342 e. The van der Waals surface area contributed by atoms with Crippen molar-refractivity contribution < 1.29 is 23.2 Å². The first kappa shape index (κ1) is 19.4. The van der Waals surface area contributed by atoms with Gasteiger partial charge in [0, 0.05) is 12.7 Å². The molecule has 3 rings (SSSR count). The topological polar surface area (TPSA) is 91.4 Å². The highest BCUT2D eigenvalue weighted by molar-refractivity contribution is 6.35. The van der Waals surface area contributed by atoms with Gasteiger partial charge >= 0.3 is 11.8 Å². The van der Waals surface area contributed by atoms with Crippen molar-refractivity contribution in [2.75, 3.05) is 11.4 Å². The zero-order chi connectivity index (χ0) is 20.3. The van der Waals surface area contributed by atoms with Gasteiger partial charge in [-0.15, -0.1) is 0 Å². The van der Waals surface area contributed by atoms with Crippen molar-refractivity contribution in [3.63, 3.8) is 0 Å². The van der Waals surface area contributed by atoms with E-state index in [1.165, 1.54) is 6.07 Å². The number of pyridine rings is 1. The third-order valence-electron chi connectivity index (χ3n) is 4.33. The Labute approximate surface area is 159 Å². The van der Waals surface area contributed by atoms with Crippen molar-refractivity contribution in [3.8, 4) is 0 Å². The summed E-state index contributed by atoms with van der Waals surface area (Å²) in [6, 6.07) is 5.79. The first-order valence-electron chi connectivity index (χ1n) is 8.62. The minimum absolute atomic E-state index is 0.0243. The third-order valence-corrected chi connectivity index (χ3v) is 4.33. The van der Waals surface area contributed by atoms with Crippen LogP contribution in [0.2, 0.25) is 0 Å². The molecule has 1 fully saturated rings. The number of aryl methyl sites for hydroxylation is 1. The molecule has 0 spiro atoms. The zero-order valence-electron chi connectivity index (χ0n) is 15.0. The molecule has 0 saturated carbocycles. The van der Waals surface area contributed by atoms with Gasteiger partial charge in [0.2, 0.25) is 5.91 Å². The lowest BCUT2D eigenvalue weighted by Crippen LogP contribution is -2.47. The maximum atomic E-state index is 13.9. The summed E-state index contributed by atoms with van der Waals surface area (Å²) in [5.41, 5.74) is 1.08. The highest BCUT2D eigenvalue weighted by Gasteiger charge is 2.37. The Morgan fingerprint density at radius 3 is 2.54 bits per heavy atom. The van der Waals surface area contributed by atoms with Crippen LogP contribution in [0.15, 0.2) is 36.5 Å². The molecule has 146 valence electrons. The zero-order valence-corrected chi connectivity index (χ0v) is 15.0. The van der Waals surface area contributed by atoms with Gasteiger partial charge in [-0.2, -0.15) is 0 Å². The number of benzene rings is 1. The standard InChI is InChI=1S/C19H18F2N4O3/c1-11-5-6-12(22-9-11)10-23-17(26)18(27)24-15-7-8-25(19(15)28)16-13(20)3-2-4-14(16)21/h2-6,9,15H,7-8,10H2,1H3,(H,23,26)(H,24,27). The van der Waals surface area contributed by atoms with Crippen LogP contribution in [0.4, 0.5) is 14.5 Å². The summed E-state index contributed by atoms with van der Waals surface area (Å²) in [6.45, 7) is 1.95. The van der Waals surface area contributed by atoms with Crippen LogP contribution in [-0.2, 0) is 20.9 Å². The Bertz CT molecular complexity index is 898. The number of nitrogens with zero attached hydrogens (tertiary/aromatic N) is 2. The van der Waals surface area contributed by atoms with Gasteiger partial charge in [0.15, 0.2) is 0 Å². The van der Waals surface area contributed by atoms with E-state index in [-0.39, 0.29) is 19.5 Å². The van der Waals surface area contributed by atoms with E-state index in [0.717, 1.165) is 22.6 Å². The highest BCUT2D eigenvalue weighted by Crippen LogP contribution is 2.27. The van der Waals surface area contributed by atoms with E-state index in [1.807, 2.05) is 13.0 Å². The third kappa shape index (κ3) is 4.13. The van der Waals surface area contributed by atoms with E-state index in [1.54, 1.807) is 12.3 Å². The Morgan fingerprint density at radius 1 is 1.18 bits per heavy atom. The molecule has 1 unspecified atom stereocenters. The fourth-order valence-corrected chi connectivity index (χ4v) is 2.86. The van der Waals surface area contributed by atoms with E-state index >= 15 is 0 Å². The number of aromatic nitrogens is 1. The van der Waals surface area contributed by atoms with Gasteiger partial charge < -0.3 is 15.5 Å². The number of carbonyl (C=O) groups excluding carboxylic acids is 3. The monoisotopic (exact) mass is 388 g/mol. The number of amides is 3. The summed E-state index contributed by atoms with van der Waals surface area (Å²) in [4.78, 5) is 41.4.